The molecule has 1 aromatic heterocycles. The molecule has 1 aromatic carbocycles. The number of ether oxygens (including phenoxy) is 2. The number of nitrogens with one attached hydrogen (secondary N) is 1. The first-order valence-corrected chi connectivity index (χ1v) is 9.95. The van der Waals surface area contributed by atoms with E-state index >= 15 is 0 Å². The van der Waals surface area contributed by atoms with Gasteiger partial charge in [-0.25, -0.2) is 9.69 Å². The molecular weight excluding hydrogens is 458 g/mol. The maximum absolute atomic E-state index is 13.0. The molecular formula is C20H18BrN3O6. The topological polar surface area (TPSA) is 101 Å². The van der Waals surface area contributed by atoms with Crippen LogP contribution in [0.3, 0.4) is 0 Å². The van der Waals surface area contributed by atoms with E-state index in [1.807, 2.05) is 4.90 Å². The van der Waals surface area contributed by atoms with Crippen LogP contribution in [0.15, 0.2) is 44.8 Å². The predicted molar refractivity (Wildman–Crippen MR) is 111 cm³/mol. The Hall–Kier alpha value is -3.11. The van der Waals surface area contributed by atoms with Gasteiger partial charge in [-0.05, 0) is 46.3 Å². The third-order valence-electron chi connectivity index (χ3n) is 4.71. The van der Waals surface area contributed by atoms with Crippen molar-refractivity contribution in [2.45, 2.75) is 0 Å². The molecule has 2 aromatic rings. The number of rotatable bonds is 4. The van der Waals surface area contributed by atoms with E-state index in [9.17, 15) is 14.4 Å². The van der Waals surface area contributed by atoms with Crippen molar-refractivity contribution in [3.8, 4) is 5.75 Å². The highest BCUT2D eigenvalue weighted by atomic mass is 79.9. The van der Waals surface area contributed by atoms with Crippen LogP contribution in [0, 0.1) is 0 Å². The lowest BCUT2D eigenvalue weighted by Crippen LogP contribution is -2.54. The van der Waals surface area contributed by atoms with Crippen LogP contribution in [0.5, 0.6) is 5.75 Å². The largest absolute Gasteiger partial charge is 0.497 e. The van der Waals surface area contributed by atoms with E-state index in [0.29, 0.717) is 53.9 Å². The minimum absolute atomic E-state index is 0.208. The standard InChI is InChI=1S/C20H18BrN3O6/c1-28-13-4-2-12(3-5-13)24-18(26)15(17(25)22-20(24)27)10-14-11-16(21)19(30-14)23-6-8-29-9-7-23/h2-5,10-11H,6-9H2,1H3,(H,22,25,27)/b15-10-. The van der Waals surface area contributed by atoms with Crippen molar-refractivity contribution in [3.05, 3.63) is 46.1 Å². The minimum Gasteiger partial charge on any atom is -0.497 e. The average molecular weight is 476 g/mol. The summed E-state index contributed by atoms with van der Waals surface area (Å²) < 4.78 is 17.0. The van der Waals surface area contributed by atoms with E-state index in [4.69, 9.17) is 13.9 Å². The molecule has 1 N–H and O–H groups in total. The Morgan fingerprint density at radius 3 is 2.50 bits per heavy atom. The molecule has 0 bridgehead atoms. The lowest BCUT2D eigenvalue weighted by Gasteiger charge is -2.27. The maximum atomic E-state index is 13.0. The van der Waals surface area contributed by atoms with Crippen LogP contribution in [0.2, 0.25) is 0 Å². The number of carbonyl (C=O) groups excluding carboxylic acids is 3. The molecule has 2 saturated heterocycles. The molecule has 9 nitrogen and oxygen atoms in total. The van der Waals surface area contributed by atoms with Crippen LogP contribution in [-0.2, 0) is 14.3 Å². The van der Waals surface area contributed by atoms with Gasteiger partial charge in [-0.15, -0.1) is 0 Å². The fraction of sp³-hybridized carbons (Fsp3) is 0.250. The highest BCUT2D eigenvalue weighted by Crippen LogP contribution is 2.32. The number of halogens is 1. The van der Waals surface area contributed by atoms with Crippen molar-refractivity contribution in [1.29, 1.82) is 0 Å². The summed E-state index contributed by atoms with van der Waals surface area (Å²) >= 11 is 3.45. The highest BCUT2D eigenvalue weighted by molar-refractivity contribution is 9.10. The average Bonchev–Trinajstić information content (AvgIpc) is 3.12. The Bertz CT molecular complexity index is 1020. The van der Waals surface area contributed by atoms with E-state index in [1.54, 1.807) is 30.3 Å². The Morgan fingerprint density at radius 1 is 1.13 bits per heavy atom. The Morgan fingerprint density at radius 2 is 1.83 bits per heavy atom. The number of hydrogen-bond donors (Lipinski definition) is 1. The summed E-state index contributed by atoms with van der Waals surface area (Å²) in [5.41, 5.74) is 0.103. The molecule has 0 aliphatic carbocycles. The van der Waals surface area contributed by atoms with Gasteiger partial charge in [-0.2, -0.15) is 0 Å². The predicted octanol–water partition coefficient (Wildman–Crippen LogP) is 2.55. The molecule has 3 heterocycles. The summed E-state index contributed by atoms with van der Waals surface area (Å²) in [7, 11) is 1.51. The normalized spacial score (nSPS) is 18.7. The van der Waals surface area contributed by atoms with Crippen LogP contribution in [0.1, 0.15) is 5.76 Å². The molecule has 0 atom stereocenters. The molecule has 2 aliphatic rings. The van der Waals surface area contributed by atoms with E-state index in [-0.39, 0.29) is 5.57 Å². The van der Waals surface area contributed by atoms with Crippen LogP contribution in [-0.4, -0.2) is 51.3 Å². The zero-order valence-electron chi connectivity index (χ0n) is 16.0. The molecule has 0 unspecified atom stereocenters. The van der Waals surface area contributed by atoms with Gasteiger partial charge in [0.05, 0.1) is 30.5 Å². The number of morpholine rings is 1. The van der Waals surface area contributed by atoms with Crippen LogP contribution < -0.4 is 19.9 Å². The van der Waals surface area contributed by atoms with Gasteiger partial charge < -0.3 is 18.8 Å². The Kier molecular flexibility index (Phi) is 5.60. The number of imide groups is 2. The van der Waals surface area contributed by atoms with Crippen molar-refractivity contribution in [2.75, 3.05) is 43.2 Å². The van der Waals surface area contributed by atoms with Gasteiger partial charge in [0.25, 0.3) is 11.8 Å². The fourth-order valence-electron chi connectivity index (χ4n) is 3.20. The molecule has 4 rings (SSSR count). The number of furan rings is 1. The number of carbonyl (C=O) groups is 3. The van der Waals surface area contributed by atoms with Crippen molar-refractivity contribution in [2.24, 2.45) is 0 Å². The number of amides is 4. The second kappa shape index (κ2) is 8.33. The van der Waals surface area contributed by atoms with Crippen molar-refractivity contribution >= 4 is 51.4 Å². The zero-order chi connectivity index (χ0) is 21.3. The SMILES string of the molecule is COc1ccc(N2C(=O)NC(=O)/C(=C/c3cc(Br)c(N4CCOCC4)o3)C2=O)cc1. The number of urea groups is 1. The summed E-state index contributed by atoms with van der Waals surface area (Å²) in [6, 6.07) is 7.21. The van der Waals surface area contributed by atoms with E-state index in [1.165, 1.54) is 13.2 Å². The minimum atomic E-state index is -0.818. The first kappa shape index (κ1) is 20.2. The lowest BCUT2D eigenvalue weighted by molar-refractivity contribution is -0.122. The molecule has 156 valence electrons. The molecule has 0 radical (unpaired) electrons. The van der Waals surface area contributed by atoms with E-state index in [0.717, 1.165) is 4.90 Å². The first-order chi connectivity index (χ1) is 14.5. The fourth-order valence-corrected chi connectivity index (χ4v) is 3.75. The number of hydrogen-bond acceptors (Lipinski definition) is 7. The molecule has 0 saturated carbocycles. The zero-order valence-corrected chi connectivity index (χ0v) is 17.6. The summed E-state index contributed by atoms with van der Waals surface area (Å²) in [5.74, 6) is -0.0427. The van der Waals surface area contributed by atoms with Gasteiger partial charge in [0.1, 0.15) is 17.1 Å². The molecule has 2 fully saturated rings. The molecule has 30 heavy (non-hydrogen) atoms. The first-order valence-electron chi connectivity index (χ1n) is 9.15. The van der Waals surface area contributed by atoms with Crippen molar-refractivity contribution in [1.82, 2.24) is 5.32 Å². The van der Waals surface area contributed by atoms with E-state index < -0.39 is 17.8 Å². The third kappa shape index (κ3) is 3.83. The van der Waals surface area contributed by atoms with Gasteiger partial charge in [0, 0.05) is 19.2 Å². The second-order valence-corrected chi connectivity index (χ2v) is 7.41. The van der Waals surface area contributed by atoms with Crippen molar-refractivity contribution < 1.29 is 28.3 Å². The quantitative estimate of drug-likeness (QED) is 0.535. The van der Waals surface area contributed by atoms with Gasteiger partial charge in [-0.3, -0.25) is 14.9 Å². The Balaban J connectivity index is 1.64. The van der Waals surface area contributed by atoms with Crippen LogP contribution in [0.4, 0.5) is 16.4 Å². The Labute approximate surface area is 180 Å². The van der Waals surface area contributed by atoms with Crippen LogP contribution >= 0.6 is 15.9 Å². The van der Waals surface area contributed by atoms with Gasteiger partial charge in [0.2, 0.25) is 5.88 Å². The number of anilines is 2. The molecule has 2 aliphatic heterocycles. The number of barbiturate groups is 1. The monoisotopic (exact) mass is 475 g/mol. The summed E-state index contributed by atoms with van der Waals surface area (Å²) in [4.78, 5) is 40.5. The smallest absolute Gasteiger partial charge is 0.335 e. The highest BCUT2D eigenvalue weighted by Gasteiger charge is 2.37. The summed E-state index contributed by atoms with van der Waals surface area (Å²) in [5, 5.41) is 2.19. The molecule has 4 amide bonds. The van der Waals surface area contributed by atoms with Crippen molar-refractivity contribution in [3.63, 3.8) is 0 Å². The summed E-state index contributed by atoms with van der Waals surface area (Å²) in [6.07, 6.45) is 1.33. The van der Waals surface area contributed by atoms with Gasteiger partial charge >= 0.3 is 6.03 Å². The van der Waals surface area contributed by atoms with Gasteiger partial charge in [-0.1, -0.05) is 0 Å². The number of benzene rings is 1. The maximum Gasteiger partial charge on any atom is 0.335 e. The number of nitrogens with zero attached hydrogens (tertiary/aromatic N) is 2. The van der Waals surface area contributed by atoms with E-state index in [2.05, 4.69) is 21.2 Å². The second-order valence-electron chi connectivity index (χ2n) is 6.56. The third-order valence-corrected chi connectivity index (χ3v) is 5.27. The van der Waals surface area contributed by atoms with Gasteiger partial charge in [0.15, 0.2) is 0 Å². The molecule has 10 heteroatoms. The number of methoxy groups -OCH3 is 1. The summed E-state index contributed by atoms with van der Waals surface area (Å²) in [6.45, 7) is 2.51. The lowest BCUT2D eigenvalue weighted by atomic mass is 10.1. The van der Waals surface area contributed by atoms with Crippen LogP contribution in [0.25, 0.3) is 6.08 Å². The molecule has 0 spiro atoms.